The molecule has 1 aliphatic rings. The number of nitrogens with one attached hydrogen (secondary N) is 2. The van der Waals surface area contributed by atoms with Gasteiger partial charge in [0, 0.05) is 6.54 Å². The van der Waals surface area contributed by atoms with Crippen molar-refractivity contribution in [1.82, 2.24) is 10.6 Å². The predicted octanol–water partition coefficient (Wildman–Crippen LogP) is 0.457. The molecule has 3 N–H and O–H groups in total. The Bertz CT molecular complexity index is 309. The van der Waals surface area contributed by atoms with E-state index in [9.17, 15) is 9.59 Å². The summed E-state index contributed by atoms with van der Waals surface area (Å²) in [5.41, 5.74) is -0.489. The summed E-state index contributed by atoms with van der Waals surface area (Å²) in [7, 11) is 0. The maximum atomic E-state index is 12.0. The minimum Gasteiger partial charge on any atom is -0.480 e. The van der Waals surface area contributed by atoms with Gasteiger partial charge in [0.25, 0.3) is 0 Å². The molecule has 0 radical (unpaired) electrons. The second kappa shape index (κ2) is 5.04. The number of rotatable bonds is 3. The van der Waals surface area contributed by atoms with E-state index in [4.69, 9.17) is 5.11 Å². The zero-order valence-electron chi connectivity index (χ0n) is 10.9. The van der Waals surface area contributed by atoms with E-state index in [1.165, 1.54) is 0 Å². The number of carboxylic acid groups (broad SMARTS) is 1. The second-order valence-electron chi connectivity index (χ2n) is 5.89. The first kappa shape index (κ1) is 14.0. The fourth-order valence-corrected chi connectivity index (χ4v) is 2.06. The summed E-state index contributed by atoms with van der Waals surface area (Å²) in [5.74, 6) is -1.02. The summed E-state index contributed by atoms with van der Waals surface area (Å²) in [4.78, 5) is 23.2. The van der Waals surface area contributed by atoms with Crippen LogP contribution in [0.25, 0.3) is 0 Å². The fourth-order valence-electron chi connectivity index (χ4n) is 2.06. The molecule has 0 bridgehead atoms. The smallest absolute Gasteiger partial charge is 0.326 e. The van der Waals surface area contributed by atoms with Crippen molar-refractivity contribution in [2.75, 3.05) is 13.1 Å². The molecule has 1 rings (SSSR count). The highest BCUT2D eigenvalue weighted by molar-refractivity contribution is 5.86. The van der Waals surface area contributed by atoms with E-state index in [0.29, 0.717) is 6.54 Å². The van der Waals surface area contributed by atoms with Gasteiger partial charge in [-0.2, -0.15) is 0 Å². The Balaban J connectivity index is 2.68. The van der Waals surface area contributed by atoms with Crippen LogP contribution < -0.4 is 10.6 Å². The van der Waals surface area contributed by atoms with Crippen LogP contribution in [-0.2, 0) is 9.59 Å². The molecule has 0 aromatic carbocycles. The van der Waals surface area contributed by atoms with Crippen LogP contribution in [0.5, 0.6) is 0 Å². The van der Waals surface area contributed by atoms with Crippen LogP contribution in [0.3, 0.4) is 0 Å². The quantitative estimate of drug-likeness (QED) is 0.671. The molecule has 5 nitrogen and oxygen atoms in total. The predicted molar refractivity (Wildman–Crippen MR) is 64.5 cm³/mol. The summed E-state index contributed by atoms with van der Waals surface area (Å²) in [6.07, 6.45) is 0. The topological polar surface area (TPSA) is 78.4 Å². The summed E-state index contributed by atoms with van der Waals surface area (Å²) in [6.45, 7) is 8.86. The Morgan fingerprint density at radius 3 is 2.29 bits per heavy atom. The van der Waals surface area contributed by atoms with Gasteiger partial charge in [-0.1, -0.05) is 27.7 Å². The summed E-state index contributed by atoms with van der Waals surface area (Å²) < 4.78 is 0. The first-order chi connectivity index (χ1) is 7.73. The molecule has 1 amide bonds. The van der Waals surface area contributed by atoms with Crippen molar-refractivity contribution < 1.29 is 14.7 Å². The van der Waals surface area contributed by atoms with Gasteiger partial charge in [0.2, 0.25) is 5.91 Å². The molecule has 3 atom stereocenters. The van der Waals surface area contributed by atoms with Crippen molar-refractivity contribution in [1.29, 1.82) is 0 Å². The Labute approximate surface area is 102 Å². The van der Waals surface area contributed by atoms with Gasteiger partial charge < -0.3 is 15.7 Å². The van der Waals surface area contributed by atoms with Crippen molar-refractivity contribution in [3.63, 3.8) is 0 Å². The summed E-state index contributed by atoms with van der Waals surface area (Å²) in [5, 5.41) is 14.9. The number of aliphatic carboxylic acids is 1. The van der Waals surface area contributed by atoms with E-state index in [0.717, 1.165) is 6.54 Å². The zero-order chi connectivity index (χ0) is 13.2. The van der Waals surface area contributed by atoms with Gasteiger partial charge >= 0.3 is 5.97 Å². The van der Waals surface area contributed by atoms with Gasteiger partial charge in [-0.3, -0.25) is 4.79 Å². The number of carboxylic acids is 1. The zero-order valence-corrected chi connectivity index (χ0v) is 10.9. The molecular weight excluding hydrogens is 220 g/mol. The molecule has 1 fully saturated rings. The lowest BCUT2D eigenvalue weighted by molar-refractivity contribution is -0.145. The molecule has 98 valence electrons. The highest BCUT2D eigenvalue weighted by Gasteiger charge is 2.36. The number of carbonyl (C=O) groups is 2. The van der Waals surface area contributed by atoms with Crippen molar-refractivity contribution in [2.45, 2.75) is 33.7 Å². The van der Waals surface area contributed by atoms with Crippen molar-refractivity contribution in [3.05, 3.63) is 0 Å². The van der Waals surface area contributed by atoms with Crippen LogP contribution in [0, 0.1) is 17.3 Å². The van der Waals surface area contributed by atoms with Gasteiger partial charge in [-0.25, -0.2) is 4.79 Å². The summed E-state index contributed by atoms with van der Waals surface area (Å²) >= 11 is 0. The molecule has 0 spiro atoms. The molecule has 17 heavy (non-hydrogen) atoms. The average Bonchev–Trinajstić information content (AvgIpc) is 2.58. The fraction of sp³-hybridized carbons (Fsp3) is 0.833. The molecule has 0 aromatic heterocycles. The lowest BCUT2D eigenvalue weighted by Gasteiger charge is -2.29. The molecule has 2 unspecified atom stereocenters. The molecule has 1 saturated heterocycles. The van der Waals surface area contributed by atoms with E-state index < -0.39 is 17.4 Å². The highest BCUT2D eigenvalue weighted by atomic mass is 16.4. The molecular formula is C12H22N2O3. The number of carbonyl (C=O) groups excluding carboxylic acids is 1. The van der Waals surface area contributed by atoms with Crippen LogP contribution in [-0.4, -0.2) is 36.1 Å². The van der Waals surface area contributed by atoms with Crippen LogP contribution in [0.2, 0.25) is 0 Å². The molecule has 5 heteroatoms. The minimum atomic E-state index is -0.982. The Morgan fingerprint density at radius 2 is 1.94 bits per heavy atom. The van der Waals surface area contributed by atoms with Gasteiger partial charge in [0.15, 0.2) is 0 Å². The maximum absolute atomic E-state index is 12.0. The highest BCUT2D eigenvalue weighted by Crippen LogP contribution is 2.22. The van der Waals surface area contributed by atoms with Crippen LogP contribution in [0.15, 0.2) is 0 Å². The Morgan fingerprint density at radius 1 is 1.35 bits per heavy atom. The van der Waals surface area contributed by atoms with E-state index in [1.54, 1.807) is 0 Å². The molecule has 0 aromatic rings. The SMILES string of the molecule is CC1CNCC1C(=O)N[C@@H](C(=O)O)C(C)(C)C. The molecule has 1 heterocycles. The number of hydrogen-bond acceptors (Lipinski definition) is 3. The van der Waals surface area contributed by atoms with E-state index in [2.05, 4.69) is 10.6 Å². The van der Waals surface area contributed by atoms with Gasteiger partial charge in [0.05, 0.1) is 5.92 Å². The van der Waals surface area contributed by atoms with E-state index in [-0.39, 0.29) is 17.7 Å². The molecule has 1 aliphatic heterocycles. The standard InChI is InChI=1S/C12H22N2O3/c1-7-5-13-6-8(7)10(15)14-9(11(16)17)12(2,3)4/h7-9,13H,5-6H2,1-4H3,(H,14,15)(H,16,17)/t7?,8?,9-/m0/s1. The lowest BCUT2D eigenvalue weighted by Crippen LogP contribution is -2.51. The summed E-state index contributed by atoms with van der Waals surface area (Å²) in [6, 6.07) is -0.845. The van der Waals surface area contributed by atoms with Crippen LogP contribution in [0.4, 0.5) is 0 Å². The first-order valence-corrected chi connectivity index (χ1v) is 5.97. The van der Waals surface area contributed by atoms with Gasteiger partial charge in [0.1, 0.15) is 6.04 Å². The van der Waals surface area contributed by atoms with Crippen molar-refractivity contribution in [2.24, 2.45) is 17.3 Å². The van der Waals surface area contributed by atoms with Gasteiger partial charge in [-0.15, -0.1) is 0 Å². The Hall–Kier alpha value is -1.10. The lowest BCUT2D eigenvalue weighted by atomic mass is 9.86. The van der Waals surface area contributed by atoms with Crippen molar-refractivity contribution >= 4 is 11.9 Å². The molecule has 0 aliphatic carbocycles. The third-order valence-electron chi connectivity index (χ3n) is 3.25. The maximum Gasteiger partial charge on any atom is 0.326 e. The molecule has 0 saturated carbocycles. The number of amides is 1. The third kappa shape index (κ3) is 3.43. The monoisotopic (exact) mass is 242 g/mol. The van der Waals surface area contributed by atoms with Gasteiger partial charge in [-0.05, 0) is 17.9 Å². The number of hydrogen-bond donors (Lipinski definition) is 3. The largest absolute Gasteiger partial charge is 0.480 e. The third-order valence-corrected chi connectivity index (χ3v) is 3.25. The normalized spacial score (nSPS) is 26.6. The second-order valence-corrected chi connectivity index (χ2v) is 5.89. The van der Waals surface area contributed by atoms with E-state index >= 15 is 0 Å². The van der Waals surface area contributed by atoms with Crippen LogP contribution >= 0.6 is 0 Å². The van der Waals surface area contributed by atoms with E-state index in [1.807, 2.05) is 27.7 Å². The van der Waals surface area contributed by atoms with Crippen LogP contribution in [0.1, 0.15) is 27.7 Å². The van der Waals surface area contributed by atoms with Crippen molar-refractivity contribution in [3.8, 4) is 0 Å². The average molecular weight is 242 g/mol. The minimum absolute atomic E-state index is 0.126. The first-order valence-electron chi connectivity index (χ1n) is 5.97. The Kier molecular flexibility index (Phi) is 4.14.